The standard InChI is InChI=1S/C3H6O3.C2H4.H3N/c1-2(4)3(5)6;1-2;/h2,4H,1H3,(H,5,6);1-2H2;1H3. The van der Waals surface area contributed by atoms with Gasteiger partial charge in [0.05, 0.1) is 0 Å². The predicted molar refractivity (Wildman–Crippen MR) is 35.6 cm³/mol. The third kappa shape index (κ3) is 19.2. The zero-order valence-corrected chi connectivity index (χ0v) is 5.50. The van der Waals surface area contributed by atoms with Crippen molar-refractivity contribution >= 4 is 5.97 Å². The predicted octanol–water partition coefficient (Wildman–Crippen LogP) is 0.416. The van der Waals surface area contributed by atoms with Gasteiger partial charge < -0.3 is 16.4 Å². The van der Waals surface area contributed by atoms with Gasteiger partial charge in [0, 0.05) is 0 Å². The number of carboxylic acid groups (broad SMARTS) is 1. The summed E-state index contributed by atoms with van der Waals surface area (Å²) in [5.74, 6) is -1.19. The van der Waals surface area contributed by atoms with Crippen molar-refractivity contribution in [2.45, 2.75) is 13.0 Å². The van der Waals surface area contributed by atoms with E-state index in [0.717, 1.165) is 0 Å². The Bertz CT molecular complexity index is 72.6. The first kappa shape index (κ1) is 15.7. The van der Waals surface area contributed by atoms with Gasteiger partial charge in [0.2, 0.25) is 0 Å². The van der Waals surface area contributed by atoms with E-state index in [9.17, 15) is 4.79 Å². The van der Waals surface area contributed by atoms with E-state index < -0.39 is 12.1 Å². The maximum atomic E-state index is 9.45. The van der Waals surface area contributed by atoms with E-state index in [4.69, 9.17) is 10.2 Å². The normalized spacial score (nSPS) is 9.56. The summed E-state index contributed by atoms with van der Waals surface area (Å²) in [5, 5.41) is 15.8. The van der Waals surface area contributed by atoms with Crippen LogP contribution in [0.3, 0.4) is 0 Å². The Kier molecular flexibility index (Phi) is 17.8. The molecule has 0 saturated carbocycles. The molecular formula is C5H13NO3. The first-order valence-corrected chi connectivity index (χ1v) is 2.05. The fourth-order valence-electron chi connectivity index (χ4n) is 0. The number of aliphatic hydroxyl groups is 1. The van der Waals surface area contributed by atoms with Crippen LogP contribution in [0.2, 0.25) is 0 Å². The lowest BCUT2D eigenvalue weighted by atomic mass is 10.4. The van der Waals surface area contributed by atoms with Gasteiger partial charge in [-0.05, 0) is 6.92 Å². The summed E-state index contributed by atoms with van der Waals surface area (Å²) in [6.07, 6.45) is -1.23. The van der Waals surface area contributed by atoms with Gasteiger partial charge in [-0.3, -0.25) is 0 Å². The number of carbonyl (C=O) groups is 1. The molecule has 0 aromatic carbocycles. The van der Waals surface area contributed by atoms with Crippen LogP contribution in [0, 0.1) is 0 Å². The van der Waals surface area contributed by atoms with Gasteiger partial charge >= 0.3 is 5.97 Å². The lowest BCUT2D eigenvalue weighted by Crippen LogP contribution is -2.13. The van der Waals surface area contributed by atoms with E-state index in [2.05, 4.69) is 13.2 Å². The second-order valence-corrected chi connectivity index (χ2v) is 1.01. The molecule has 0 amide bonds. The lowest BCUT2D eigenvalue weighted by Gasteiger charge is -1.89. The van der Waals surface area contributed by atoms with E-state index in [0.29, 0.717) is 0 Å². The number of rotatable bonds is 1. The van der Waals surface area contributed by atoms with Crippen molar-refractivity contribution in [3.8, 4) is 0 Å². The summed E-state index contributed by atoms with van der Waals surface area (Å²) in [4.78, 5) is 9.45. The highest BCUT2D eigenvalue weighted by atomic mass is 16.4. The Labute approximate surface area is 54.4 Å². The van der Waals surface area contributed by atoms with E-state index in [-0.39, 0.29) is 6.15 Å². The Hall–Kier alpha value is -0.870. The summed E-state index contributed by atoms with van der Waals surface area (Å²) >= 11 is 0. The average Bonchev–Trinajstić information content (AvgIpc) is 1.72. The van der Waals surface area contributed by atoms with Gasteiger partial charge in [-0.2, -0.15) is 0 Å². The summed E-state index contributed by atoms with van der Waals surface area (Å²) in [6.45, 7) is 7.20. The quantitative estimate of drug-likeness (QED) is 0.454. The highest BCUT2D eigenvalue weighted by molar-refractivity contribution is 5.71. The molecule has 4 heteroatoms. The van der Waals surface area contributed by atoms with Crippen LogP contribution in [0.4, 0.5) is 0 Å². The maximum absolute atomic E-state index is 9.45. The molecule has 0 aliphatic heterocycles. The van der Waals surface area contributed by atoms with Crippen molar-refractivity contribution in [1.29, 1.82) is 0 Å². The summed E-state index contributed by atoms with van der Waals surface area (Å²) < 4.78 is 0. The second-order valence-electron chi connectivity index (χ2n) is 1.01. The molecule has 9 heavy (non-hydrogen) atoms. The molecule has 0 bridgehead atoms. The minimum absolute atomic E-state index is 0. The molecule has 0 aromatic heterocycles. The molecule has 56 valence electrons. The van der Waals surface area contributed by atoms with Crippen molar-refractivity contribution < 1.29 is 15.0 Å². The minimum atomic E-state index is -1.23. The number of hydrogen-bond acceptors (Lipinski definition) is 3. The third-order valence-electron chi connectivity index (χ3n) is 0.357. The highest BCUT2D eigenvalue weighted by Gasteiger charge is 2.01. The highest BCUT2D eigenvalue weighted by Crippen LogP contribution is 1.73. The zero-order chi connectivity index (χ0) is 7.15. The summed E-state index contributed by atoms with van der Waals surface area (Å²) in [6, 6.07) is 0. The second kappa shape index (κ2) is 10.2. The Morgan fingerprint density at radius 1 is 1.56 bits per heavy atom. The molecule has 0 spiro atoms. The van der Waals surface area contributed by atoms with Crippen molar-refractivity contribution in [3.05, 3.63) is 13.2 Å². The summed E-state index contributed by atoms with van der Waals surface area (Å²) in [5.41, 5.74) is 0. The number of aliphatic hydroxyl groups excluding tert-OH is 1. The number of carboxylic acids is 1. The van der Waals surface area contributed by atoms with Gasteiger partial charge in [-0.1, -0.05) is 0 Å². The lowest BCUT2D eigenvalue weighted by molar-refractivity contribution is -0.145. The van der Waals surface area contributed by atoms with Crippen LogP contribution in [0.15, 0.2) is 13.2 Å². The zero-order valence-electron chi connectivity index (χ0n) is 5.50. The molecule has 0 radical (unpaired) electrons. The van der Waals surface area contributed by atoms with Gasteiger partial charge in [-0.15, -0.1) is 13.2 Å². The number of aliphatic carboxylic acids is 1. The third-order valence-corrected chi connectivity index (χ3v) is 0.357. The SMILES string of the molecule is C=C.CC(O)C(=O)O.N. The molecule has 0 fully saturated rings. The molecule has 0 rings (SSSR count). The topological polar surface area (TPSA) is 92.5 Å². The molecule has 0 saturated heterocycles. The van der Waals surface area contributed by atoms with Gasteiger partial charge in [-0.25, -0.2) is 4.79 Å². The van der Waals surface area contributed by atoms with Gasteiger partial charge in [0.1, 0.15) is 6.10 Å². The smallest absolute Gasteiger partial charge is 0.332 e. The summed E-state index contributed by atoms with van der Waals surface area (Å²) in [7, 11) is 0. The fourth-order valence-corrected chi connectivity index (χ4v) is 0. The molecule has 1 atom stereocenters. The van der Waals surface area contributed by atoms with Gasteiger partial charge in [0.15, 0.2) is 0 Å². The van der Waals surface area contributed by atoms with E-state index in [1.165, 1.54) is 6.92 Å². The Morgan fingerprint density at radius 2 is 1.67 bits per heavy atom. The molecule has 1 unspecified atom stereocenters. The van der Waals surface area contributed by atoms with Crippen molar-refractivity contribution in [2.24, 2.45) is 0 Å². The van der Waals surface area contributed by atoms with Crippen LogP contribution in [0.5, 0.6) is 0 Å². The Balaban J connectivity index is -0.000000109. The molecule has 0 aromatic rings. The van der Waals surface area contributed by atoms with Crippen LogP contribution >= 0.6 is 0 Å². The monoisotopic (exact) mass is 135 g/mol. The first-order chi connectivity index (χ1) is 3.64. The fraction of sp³-hybridized carbons (Fsp3) is 0.400. The van der Waals surface area contributed by atoms with E-state index >= 15 is 0 Å². The van der Waals surface area contributed by atoms with E-state index in [1.54, 1.807) is 0 Å². The van der Waals surface area contributed by atoms with Crippen molar-refractivity contribution in [3.63, 3.8) is 0 Å². The van der Waals surface area contributed by atoms with Crippen LogP contribution in [-0.2, 0) is 4.79 Å². The Morgan fingerprint density at radius 3 is 1.67 bits per heavy atom. The first-order valence-electron chi connectivity index (χ1n) is 2.05. The largest absolute Gasteiger partial charge is 0.479 e. The molecule has 5 N–H and O–H groups in total. The molecule has 0 heterocycles. The minimum Gasteiger partial charge on any atom is -0.479 e. The molecule has 0 aliphatic carbocycles. The van der Waals surface area contributed by atoms with Crippen LogP contribution < -0.4 is 6.15 Å². The van der Waals surface area contributed by atoms with Gasteiger partial charge in [0.25, 0.3) is 0 Å². The van der Waals surface area contributed by atoms with Crippen LogP contribution in [-0.4, -0.2) is 22.3 Å². The maximum Gasteiger partial charge on any atom is 0.332 e. The molecular weight excluding hydrogens is 122 g/mol. The average molecular weight is 135 g/mol. The molecule has 0 aliphatic rings. The van der Waals surface area contributed by atoms with Crippen LogP contribution in [0.25, 0.3) is 0 Å². The molecule has 4 nitrogen and oxygen atoms in total. The van der Waals surface area contributed by atoms with E-state index in [1.807, 2.05) is 0 Å². The number of hydrogen-bond donors (Lipinski definition) is 3. The van der Waals surface area contributed by atoms with Crippen molar-refractivity contribution in [2.75, 3.05) is 0 Å². The van der Waals surface area contributed by atoms with Crippen LogP contribution in [0.1, 0.15) is 6.92 Å². The van der Waals surface area contributed by atoms with Crippen molar-refractivity contribution in [1.82, 2.24) is 6.15 Å².